The number of anilines is 2. The zero-order valence-electron chi connectivity index (χ0n) is 12.1. The number of nitrogens with zero attached hydrogens (tertiary/aromatic N) is 1. The van der Waals surface area contributed by atoms with Gasteiger partial charge in [0.15, 0.2) is 0 Å². The zero-order valence-corrected chi connectivity index (χ0v) is 12.1. The lowest BCUT2D eigenvalue weighted by Crippen LogP contribution is -2.36. The van der Waals surface area contributed by atoms with Gasteiger partial charge in [-0.15, -0.1) is 0 Å². The Bertz CT molecular complexity index is 610. The summed E-state index contributed by atoms with van der Waals surface area (Å²) < 4.78 is 0. The number of aryl methyl sites for hydroxylation is 1. The molecule has 0 atom stereocenters. The molecule has 1 N–H and O–H groups in total. The Hall–Kier alpha value is -2.29. The van der Waals surface area contributed by atoms with Crippen LogP contribution < -0.4 is 10.2 Å². The molecule has 1 amide bonds. The minimum absolute atomic E-state index is 0.133. The molecule has 0 spiro atoms. The maximum Gasteiger partial charge on any atom is 0.246 e. The van der Waals surface area contributed by atoms with Gasteiger partial charge in [-0.25, -0.2) is 0 Å². The number of hydrogen-bond acceptors (Lipinski definition) is 2. The fraction of sp³-hybridized carbons (Fsp3) is 0.278. The first-order valence-electron chi connectivity index (χ1n) is 7.52. The molecule has 0 unspecified atom stereocenters. The van der Waals surface area contributed by atoms with Gasteiger partial charge in [0.2, 0.25) is 5.91 Å². The predicted molar refractivity (Wildman–Crippen MR) is 86.7 cm³/mol. The highest BCUT2D eigenvalue weighted by atomic mass is 16.2. The van der Waals surface area contributed by atoms with Gasteiger partial charge in [-0.05, 0) is 43.0 Å². The molecule has 3 nitrogen and oxygen atoms in total. The molecule has 1 aliphatic rings. The largest absolute Gasteiger partial charge is 0.376 e. The maximum atomic E-state index is 12.6. The average Bonchev–Trinajstić information content (AvgIpc) is 2.76. The average molecular weight is 280 g/mol. The molecular formula is C18H20N2O. The Kier molecular flexibility index (Phi) is 4.20. The Balaban J connectivity index is 1.72. The van der Waals surface area contributed by atoms with Crippen molar-refractivity contribution in [3.8, 4) is 0 Å². The summed E-state index contributed by atoms with van der Waals surface area (Å²) in [5, 5.41) is 3.20. The summed E-state index contributed by atoms with van der Waals surface area (Å²) in [6.45, 7) is 1.14. The van der Waals surface area contributed by atoms with Crippen molar-refractivity contribution in [1.29, 1.82) is 0 Å². The molecule has 2 aromatic rings. The molecule has 0 aliphatic carbocycles. The summed E-state index contributed by atoms with van der Waals surface area (Å²) in [6, 6.07) is 18.1. The van der Waals surface area contributed by atoms with Crippen LogP contribution in [0.1, 0.15) is 18.4 Å². The van der Waals surface area contributed by atoms with E-state index < -0.39 is 0 Å². The van der Waals surface area contributed by atoms with Crippen LogP contribution in [0.2, 0.25) is 0 Å². The number of carbonyl (C=O) groups is 1. The normalized spacial score (nSPS) is 14.2. The van der Waals surface area contributed by atoms with E-state index >= 15 is 0 Å². The second-order valence-corrected chi connectivity index (χ2v) is 5.35. The van der Waals surface area contributed by atoms with Crippen LogP contribution in [0.3, 0.4) is 0 Å². The Labute approximate surface area is 125 Å². The first-order valence-corrected chi connectivity index (χ1v) is 7.52. The molecule has 3 heteroatoms. The molecule has 1 aliphatic heterocycles. The fourth-order valence-corrected chi connectivity index (χ4v) is 2.78. The highest BCUT2D eigenvalue weighted by Crippen LogP contribution is 2.26. The van der Waals surface area contributed by atoms with Gasteiger partial charge in [0.25, 0.3) is 0 Å². The van der Waals surface area contributed by atoms with Gasteiger partial charge >= 0.3 is 0 Å². The standard InChI is InChI=1S/C18H20N2O/c21-18(14-19-16-10-2-1-3-11-16)20-13-7-6-9-15-8-4-5-12-17(15)20/h1-5,8,10-12,19H,6-7,9,13-14H2. The van der Waals surface area contributed by atoms with Crippen molar-refractivity contribution in [2.45, 2.75) is 19.3 Å². The minimum Gasteiger partial charge on any atom is -0.376 e. The van der Waals surface area contributed by atoms with E-state index in [9.17, 15) is 4.79 Å². The summed E-state index contributed by atoms with van der Waals surface area (Å²) in [4.78, 5) is 14.5. The molecule has 108 valence electrons. The summed E-state index contributed by atoms with van der Waals surface area (Å²) in [5.41, 5.74) is 3.34. The lowest BCUT2D eigenvalue weighted by atomic mass is 10.1. The van der Waals surface area contributed by atoms with Crippen LogP contribution in [0, 0.1) is 0 Å². The second-order valence-electron chi connectivity index (χ2n) is 5.35. The lowest BCUT2D eigenvalue weighted by Gasteiger charge is -2.23. The van der Waals surface area contributed by atoms with Crippen LogP contribution in [0.15, 0.2) is 54.6 Å². The van der Waals surface area contributed by atoms with E-state index in [1.807, 2.05) is 41.3 Å². The lowest BCUT2D eigenvalue weighted by molar-refractivity contribution is -0.117. The van der Waals surface area contributed by atoms with Crippen molar-refractivity contribution in [2.24, 2.45) is 0 Å². The number of rotatable bonds is 3. The number of benzene rings is 2. The van der Waals surface area contributed by atoms with Crippen LogP contribution in [0.4, 0.5) is 11.4 Å². The molecule has 3 rings (SSSR count). The number of hydrogen-bond donors (Lipinski definition) is 1. The molecule has 0 aromatic heterocycles. The molecule has 2 aromatic carbocycles. The van der Waals surface area contributed by atoms with Crippen molar-refractivity contribution in [2.75, 3.05) is 23.3 Å². The fourth-order valence-electron chi connectivity index (χ4n) is 2.78. The van der Waals surface area contributed by atoms with Crippen molar-refractivity contribution >= 4 is 17.3 Å². The molecule has 1 heterocycles. The molecule has 0 bridgehead atoms. The number of amides is 1. The van der Waals surface area contributed by atoms with Crippen LogP contribution in [-0.4, -0.2) is 19.0 Å². The number of para-hydroxylation sites is 2. The van der Waals surface area contributed by atoms with E-state index in [4.69, 9.17) is 0 Å². The van der Waals surface area contributed by atoms with E-state index in [2.05, 4.69) is 23.5 Å². The summed E-state index contributed by atoms with van der Waals surface area (Å²) in [6.07, 6.45) is 3.27. The van der Waals surface area contributed by atoms with Crippen LogP contribution in [0.5, 0.6) is 0 Å². The van der Waals surface area contributed by atoms with Crippen LogP contribution in [0.25, 0.3) is 0 Å². The third kappa shape index (κ3) is 3.24. The van der Waals surface area contributed by atoms with Crippen molar-refractivity contribution in [3.05, 3.63) is 60.2 Å². The number of nitrogens with one attached hydrogen (secondary N) is 1. The SMILES string of the molecule is O=C(CNc1ccccc1)N1CCCCc2ccccc21. The van der Waals surface area contributed by atoms with Gasteiger partial charge in [0.05, 0.1) is 6.54 Å². The Morgan fingerprint density at radius 3 is 2.62 bits per heavy atom. The summed E-state index contributed by atoms with van der Waals surface area (Å²) in [7, 11) is 0. The number of fused-ring (bicyclic) bond motifs is 1. The highest BCUT2D eigenvalue weighted by molar-refractivity contribution is 5.96. The highest BCUT2D eigenvalue weighted by Gasteiger charge is 2.20. The third-order valence-corrected chi connectivity index (χ3v) is 3.88. The first-order chi connectivity index (χ1) is 10.3. The van der Waals surface area contributed by atoms with E-state index in [-0.39, 0.29) is 5.91 Å². The maximum absolute atomic E-state index is 12.6. The topological polar surface area (TPSA) is 32.3 Å². The van der Waals surface area contributed by atoms with Gasteiger partial charge in [0.1, 0.15) is 0 Å². The Morgan fingerprint density at radius 2 is 1.76 bits per heavy atom. The molecule has 0 radical (unpaired) electrons. The van der Waals surface area contributed by atoms with Crippen LogP contribution in [-0.2, 0) is 11.2 Å². The molecule has 0 saturated carbocycles. The third-order valence-electron chi connectivity index (χ3n) is 3.88. The summed E-state index contributed by atoms with van der Waals surface area (Å²) >= 11 is 0. The summed E-state index contributed by atoms with van der Waals surface area (Å²) in [5.74, 6) is 0.133. The van der Waals surface area contributed by atoms with Crippen molar-refractivity contribution in [1.82, 2.24) is 0 Å². The molecule has 0 fully saturated rings. The van der Waals surface area contributed by atoms with Crippen molar-refractivity contribution < 1.29 is 4.79 Å². The quantitative estimate of drug-likeness (QED) is 0.933. The second kappa shape index (κ2) is 6.44. The Morgan fingerprint density at radius 1 is 1.00 bits per heavy atom. The van der Waals surface area contributed by atoms with Gasteiger partial charge in [-0.1, -0.05) is 36.4 Å². The van der Waals surface area contributed by atoms with Crippen molar-refractivity contribution in [3.63, 3.8) is 0 Å². The van der Waals surface area contributed by atoms with E-state index in [1.165, 1.54) is 5.56 Å². The van der Waals surface area contributed by atoms with Gasteiger partial charge in [0, 0.05) is 17.9 Å². The monoisotopic (exact) mass is 280 g/mol. The van der Waals surface area contributed by atoms with Gasteiger partial charge in [-0.2, -0.15) is 0 Å². The van der Waals surface area contributed by atoms with E-state index in [1.54, 1.807) is 0 Å². The van der Waals surface area contributed by atoms with Crippen LogP contribution >= 0.6 is 0 Å². The first kappa shape index (κ1) is 13.7. The van der Waals surface area contributed by atoms with E-state index in [0.29, 0.717) is 6.54 Å². The number of carbonyl (C=O) groups excluding carboxylic acids is 1. The van der Waals surface area contributed by atoms with Gasteiger partial charge in [-0.3, -0.25) is 4.79 Å². The molecule has 21 heavy (non-hydrogen) atoms. The minimum atomic E-state index is 0.133. The smallest absolute Gasteiger partial charge is 0.246 e. The predicted octanol–water partition coefficient (Wildman–Crippen LogP) is 3.47. The van der Waals surface area contributed by atoms with Gasteiger partial charge < -0.3 is 10.2 Å². The molecule has 0 saturated heterocycles. The van der Waals surface area contributed by atoms with E-state index in [0.717, 1.165) is 37.2 Å². The zero-order chi connectivity index (χ0) is 14.5. The molecular weight excluding hydrogens is 260 g/mol.